The molecule has 0 spiro atoms. The normalized spacial score (nSPS) is 12.1. The molecule has 5 heteroatoms. The van der Waals surface area contributed by atoms with Crippen LogP contribution < -0.4 is 0 Å². The smallest absolute Gasteiger partial charge is 0.238 e. The van der Waals surface area contributed by atoms with Gasteiger partial charge in [0.15, 0.2) is 0 Å². The average molecular weight is 268 g/mol. The number of alkyl halides is 3. The van der Waals surface area contributed by atoms with Crippen molar-refractivity contribution in [2.45, 2.75) is 39.3 Å². The van der Waals surface area contributed by atoms with Crippen LogP contribution in [0.4, 0.5) is 13.2 Å². The maximum atomic E-state index is 12.7. The van der Waals surface area contributed by atoms with E-state index in [4.69, 9.17) is 0 Å². The van der Waals surface area contributed by atoms with Crippen molar-refractivity contribution >= 4 is 10.9 Å². The molecule has 0 fully saturated rings. The van der Waals surface area contributed by atoms with E-state index in [1.807, 2.05) is 0 Å². The molecule has 0 bridgehead atoms. The number of hydrogen-bond acceptors (Lipinski definition) is 2. The summed E-state index contributed by atoms with van der Waals surface area (Å²) >= 11 is 0. The number of halogens is 3. The van der Waals surface area contributed by atoms with Crippen LogP contribution in [0.3, 0.4) is 0 Å². The van der Waals surface area contributed by atoms with Gasteiger partial charge in [0, 0.05) is 17.5 Å². The van der Waals surface area contributed by atoms with E-state index in [1.54, 1.807) is 6.92 Å². The van der Waals surface area contributed by atoms with E-state index in [0.717, 1.165) is 31.4 Å². The lowest BCUT2D eigenvalue weighted by molar-refractivity contribution is -0.137. The van der Waals surface area contributed by atoms with Crippen molar-refractivity contribution in [2.24, 2.45) is 0 Å². The molecule has 0 aliphatic rings. The molecule has 0 aliphatic carbocycles. The molecule has 1 heterocycles. The summed E-state index contributed by atoms with van der Waals surface area (Å²) in [6.45, 7) is 3.79. The molecule has 2 aromatic rings. The van der Waals surface area contributed by atoms with E-state index in [-0.39, 0.29) is 0 Å². The number of hydrogen-bond donors (Lipinski definition) is 0. The van der Waals surface area contributed by atoms with Crippen LogP contribution in [-0.2, 0) is 12.6 Å². The third-order valence-corrected chi connectivity index (χ3v) is 3.01. The number of aromatic nitrogens is 2. The molecule has 2 nitrogen and oxygen atoms in total. The fourth-order valence-electron chi connectivity index (χ4n) is 1.96. The molecule has 1 aromatic heterocycles. The van der Waals surface area contributed by atoms with Gasteiger partial charge in [-0.3, -0.25) is 0 Å². The monoisotopic (exact) mass is 268 g/mol. The predicted molar refractivity (Wildman–Crippen MR) is 67.9 cm³/mol. The van der Waals surface area contributed by atoms with Crippen molar-refractivity contribution in [3.8, 4) is 0 Å². The number of benzene rings is 1. The van der Waals surface area contributed by atoms with E-state index in [1.165, 1.54) is 6.07 Å². The van der Waals surface area contributed by atoms with Gasteiger partial charge in [-0.2, -0.15) is 13.2 Å². The first-order valence-electron chi connectivity index (χ1n) is 6.26. The molecule has 0 radical (unpaired) electrons. The van der Waals surface area contributed by atoms with Crippen molar-refractivity contribution in [2.75, 3.05) is 0 Å². The fraction of sp³-hybridized carbons (Fsp3) is 0.429. The highest BCUT2D eigenvalue weighted by atomic mass is 19.4. The molecular formula is C14H15F3N2. The molecule has 1 aromatic carbocycles. The molecule has 102 valence electrons. The second-order valence-electron chi connectivity index (χ2n) is 4.56. The molecule has 0 saturated heterocycles. The quantitative estimate of drug-likeness (QED) is 0.829. The van der Waals surface area contributed by atoms with Gasteiger partial charge >= 0.3 is 6.18 Å². The van der Waals surface area contributed by atoms with Crippen LogP contribution in [0.2, 0.25) is 0 Å². The van der Waals surface area contributed by atoms with Crippen molar-refractivity contribution in [3.05, 3.63) is 35.3 Å². The Labute approximate surface area is 109 Å². The zero-order valence-corrected chi connectivity index (χ0v) is 10.9. The van der Waals surface area contributed by atoms with Crippen LogP contribution in [0.15, 0.2) is 18.2 Å². The minimum absolute atomic E-state index is 0.468. The minimum Gasteiger partial charge on any atom is -0.238 e. The fourth-order valence-corrected chi connectivity index (χ4v) is 1.96. The zero-order chi connectivity index (χ0) is 14.0. The Balaban J connectivity index is 2.48. The third kappa shape index (κ3) is 3.03. The second-order valence-corrected chi connectivity index (χ2v) is 4.56. The Hall–Kier alpha value is -1.65. The van der Waals surface area contributed by atoms with Gasteiger partial charge in [-0.15, -0.1) is 0 Å². The molecule has 0 amide bonds. The lowest BCUT2D eigenvalue weighted by atomic mass is 10.1. The van der Waals surface area contributed by atoms with Crippen LogP contribution in [0.5, 0.6) is 0 Å². The summed E-state index contributed by atoms with van der Waals surface area (Å²) in [7, 11) is 0. The van der Waals surface area contributed by atoms with Gasteiger partial charge in [0.2, 0.25) is 0 Å². The van der Waals surface area contributed by atoms with Crippen LogP contribution in [0, 0.1) is 6.92 Å². The standard InChI is InChI=1S/C14H15F3N2/c1-3-4-5-13-18-9(2)11-8-10(14(15,16)17)6-7-12(11)19-13/h6-8H,3-5H2,1-2H3. The Kier molecular flexibility index (Phi) is 3.73. The maximum absolute atomic E-state index is 12.7. The largest absolute Gasteiger partial charge is 0.416 e. The first kappa shape index (κ1) is 13.8. The van der Waals surface area contributed by atoms with Gasteiger partial charge < -0.3 is 0 Å². The SMILES string of the molecule is CCCCc1nc(C)c2cc(C(F)(F)F)ccc2n1. The first-order chi connectivity index (χ1) is 8.91. The number of aryl methyl sites for hydroxylation is 2. The average Bonchev–Trinajstić information content (AvgIpc) is 2.35. The van der Waals surface area contributed by atoms with Crippen molar-refractivity contribution in [1.29, 1.82) is 0 Å². The summed E-state index contributed by atoms with van der Waals surface area (Å²) in [5, 5.41) is 0.468. The molecule has 0 atom stereocenters. The third-order valence-electron chi connectivity index (χ3n) is 3.01. The highest BCUT2D eigenvalue weighted by Gasteiger charge is 2.30. The van der Waals surface area contributed by atoms with E-state index < -0.39 is 11.7 Å². The van der Waals surface area contributed by atoms with Gasteiger partial charge in [0.05, 0.1) is 11.1 Å². The molecule has 0 unspecified atom stereocenters. The Bertz CT molecular complexity index is 591. The predicted octanol–water partition coefficient (Wildman–Crippen LogP) is 4.30. The number of nitrogens with zero attached hydrogens (tertiary/aromatic N) is 2. The van der Waals surface area contributed by atoms with Crippen LogP contribution in [0.1, 0.15) is 36.8 Å². The topological polar surface area (TPSA) is 25.8 Å². The van der Waals surface area contributed by atoms with Crippen molar-refractivity contribution < 1.29 is 13.2 Å². The van der Waals surface area contributed by atoms with Gasteiger partial charge in [-0.05, 0) is 31.5 Å². The summed E-state index contributed by atoms with van der Waals surface area (Å²) in [5.74, 6) is 0.701. The van der Waals surface area contributed by atoms with E-state index in [2.05, 4.69) is 16.9 Å². The summed E-state index contributed by atoms with van der Waals surface area (Å²) < 4.78 is 38.0. The van der Waals surface area contributed by atoms with E-state index in [9.17, 15) is 13.2 Å². The van der Waals surface area contributed by atoms with Crippen LogP contribution in [0.25, 0.3) is 10.9 Å². The van der Waals surface area contributed by atoms with Crippen LogP contribution >= 0.6 is 0 Å². The van der Waals surface area contributed by atoms with Crippen LogP contribution in [-0.4, -0.2) is 9.97 Å². The highest BCUT2D eigenvalue weighted by molar-refractivity contribution is 5.81. The second kappa shape index (κ2) is 5.15. The highest BCUT2D eigenvalue weighted by Crippen LogP contribution is 2.31. The maximum Gasteiger partial charge on any atom is 0.416 e. The summed E-state index contributed by atoms with van der Waals surface area (Å²) in [6, 6.07) is 3.61. The van der Waals surface area contributed by atoms with E-state index >= 15 is 0 Å². The van der Waals surface area contributed by atoms with E-state index in [0.29, 0.717) is 22.4 Å². The number of rotatable bonds is 3. The Morgan fingerprint density at radius 1 is 1.16 bits per heavy atom. The summed E-state index contributed by atoms with van der Waals surface area (Å²) in [4.78, 5) is 8.60. The molecule has 2 rings (SSSR count). The Morgan fingerprint density at radius 3 is 2.53 bits per heavy atom. The summed E-state index contributed by atoms with van der Waals surface area (Å²) in [6.07, 6.45) is -1.56. The molecule has 0 N–H and O–H groups in total. The number of fused-ring (bicyclic) bond motifs is 1. The lowest BCUT2D eigenvalue weighted by Gasteiger charge is -2.09. The summed E-state index contributed by atoms with van der Waals surface area (Å²) in [5.41, 5.74) is 0.516. The van der Waals surface area contributed by atoms with Gasteiger partial charge in [-0.1, -0.05) is 13.3 Å². The molecule has 0 aliphatic heterocycles. The number of unbranched alkanes of at least 4 members (excludes halogenated alkanes) is 1. The van der Waals surface area contributed by atoms with Gasteiger partial charge in [0.25, 0.3) is 0 Å². The van der Waals surface area contributed by atoms with Crippen molar-refractivity contribution in [1.82, 2.24) is 9.97 Å². The van der Waals surface area contributed by atoms with Gasteiger partial charge in [0.1, 0.15) is 5.82 Å². The van der Waals surface area contributed by atoms with Gasteiger partial charge in [-0.25, -0.2) is 9.97 Å². The lowest BCUT2D eigenvalue weighted by Crippen LogP contribution is -2.06. The molecular weight excluding hydrogens is 253 g/mol. The minimum atomic E-state index is -4.33. The molecule has 0 saturated carbocycles. The first-order valence-corrected chi connectivity index (χ1v) is 6.26. The van der Waals surface area contributed by atoms with Crippen molar-refractivity contribution in [3.63, 3.8) is 0 Å². The molecule has 19 heavy (non-hydrogen) atoms. The zero-order valence-electron chi connectivity index (χ0n) is 10.9. The Morgan fingerprint density at radius 2 is 1.89 bits per heavy atom.